The van der Waals surface area contributed by atoms with Crippen molar-refractivity contribution in [3.63, 3.8) is 0 Å². The van der Waals surface area contributed by atoms with Gasteiger partial charge < -0.3 is 10.4 Å². The summed E-state index contributed by atoms with van der Waals surface area (Å²) in [5.74, 6) is -0.906. The first-order valence-corrected chi connectivity index (χ1v) is 7.30. The first-order valence-electron chi connectivity index (χ1n) is 6.93. The number of anilines is 1. The summed E-state index contributed by atoms with van der Waals surface area (Å²) in [6, 6.07) is 14.1. The molecule has 0 fully saturated rings. The highest BCUT2D eigenvalue weighted by atomic mass is 35.5. The molecule has 0 spiro atoms. The molecular weight excluding hydrogens is 302 g/mol. The van der Waals surface area contributed by atoms with Crippen LogP contribution in [0.1, 0.15) is 28.8 Å². The van der Waals surface area contributed by atoms with Crippen LogP contribution in [0.25, 0.3) is 0 Å². The molecule has 0 saturated carbocycles. The molecule has 0 aliphatic carbocycles. The van der Waals surface area contributed by atoms with E-state index in [1.54, 1.807) is 30.3 Å². The van der Waals surface area contributed by atoms with Crippen LogP contribution in [0.2, 0.25) is 5.02 Å². The van der Waals surface area contributed by atoms with Gasteiger partial charge in [-0.3, -0.25) is 9.59 Å². The lowest BCUT2D eigenvalue weighted by Crippen LogP contribution is -2.06. The number of carbonyl (C=O) groups is 2. The number of aliphatic carboxylic acids is 1. The molecule has 0 unspecified atom stereocenters. The number of ketones is 1. The van der Waals surface area contributed by atoms with E-state index in [0.717, 1.165) is 0 Å². The van der Waals surface area contributed by atoms with E-state index in [1.165, 1.54) is 0 Å². The average molecular weight is 318 g/mol. The predicted molar refractivity (Wildman–Crippen MR) is 86.7 cm³/mol. The second-order valence-electron chi connectivity index (χ2n) is 4.81. The zero-order valence-corrected chi connectivity index (χ0v) is 12.6. The topological polar surface area (TPSA) is 66.4 Å². The Balaban J connectivity index is 2.03. The third-order valence-corrected chi connectivity index (χ3v) is 3.46. The van der Waals surface area contributed by atoms with Gasteiger partial charge >= 0.3 is 5.97 Å². The quantitative estimate of drug-likeness (QED) is 0.601. The van der Waals surface area contributed by atoms with Crippen LogP contribution in [0.3, 0.4) is 0 Å². The number of carboxylic acid groups (broad SMARTS) is 1. The number of rotatable bonds is 7. The third-order valence-electron chi connectivity index (χ3n) is 3.15. The lowest BCUT2D eigenvalue weighted by Gasteiger charge is -2.09. The van der Waals surface area contributed by atoms with E-state index < -0.39 is 5.97 Å². The average Bonchev–Trinajstić information content (AvgIpc) is 2.52. The molecule has 0 aliphatic heterocycles. The molecule has 2 N–H and O–H groups in total. The normalized spacial score (nSPS) is 10.2. The summed E-state index contributed by atoms with van der Waals surface area (Å²) < 4.78 is 0. The molecular formula is C17H16ClNO3. The lowest BCUT2D eigenvalue weighted by atomic mass is 10.0. The summed E-state index contributed by atoms with van der Waals surface area (Å²) in [6.45, 7) is 0.512. The summed E-state index contributed by atoms with van der Waals surface area (Å²) in [7, 11) is 0. The van der Waals surface area contributed by atoms with Crippen LogP contribution in [-0.4, -0.2) is 23.4 Å². The Morgan fingerprint density at radius 2 is 1.77 bits per heavy atom. The summed E-state index contributed by atoms with van der Waals surface area (Å²) in [6.07, 6.45) is 0.617. The van der Waals surface area contributed by atoms with Crippen molar-refractivity contribution in [1.82, 2.24) is 0 Å². The lowest BCUT2D eigenvalue weighted by molar-refractivity contribution is -0.137. The fraction of sp³-hybridized carbons (Fsp3) is 0.176. The first-order chi connectivity index (χ1) is 10.6. The van der Waals surface area contributed by atoms with Gasteiger partial charge in [0.2, 0.25) is 0 Å². The van der Waals surface area contributed by atoms with Gasteiger partial charge in [0.1, 0.15) is 0 Å². The van der Waals surface area contributed by atoms with E-state index in [2.05, 4.69) is 5.32 Å². The number of hydrogen-bond acceptors (Lipinski definition) is 3. The highest BCUT2D eigenvalue weighted by molar-refractivity contribution is 6.33. The van der Waals surface area contributed by atoms with Gasteiger partial charge in [-0.25, -0.2) is 0 Å². The molecule has 0 atom stereocenters. The maximum Gasteiger partial charge on any atom is 0.303 e. The van der Waals surface area contributed by atoms with Gasteiger partial charge in [-0.05, 0) is 24.6 Å². The predicted octanol–water partition coefficient (Wildman–Crippen LogP) is 3.85. The van der Waals surface area contributed by atoms with E-state index in [9.17, 15) is 9.59 Å². The maximum absolute atomic E-state index is 12.3. The highest BCUT2D eigenvalue weighted by Gasteiger charge is 2.10. The van der Waals surface area contributed by atoms with Crippen molar-refractivity contribution in [1.29, 1.82) is 0 Å². The number of hydrogen-bond donors (Lipinski definition) is 2. The molecule has 5 heteroatoms. The zero-order chi connectivity index (χ0) is 15.9. The van der Waals surface area contributed by atoms with Crippen molar-refractivity contribution in [3.05, 3.63) is 64.7 Å². The Morgan fingerprint density at radius 1 is 1.05 bits per heavy atom. The second kappa shape index (κ2) is 7.61. The summed E-state index contributed by atoms with van der Waals surface area (Å²) >= 11 is 6.17. The standard InChI is InChI=1S/C17H16ClNO3/c18-14-11-13(17(22)12-5-2-1-3-6-12)8-9-15(14)19-10-4-7-16(20)21/h1-3,5-6,8-9,11,19H,4,7,10H2,(H,20,21). The van der Waals surface area contributed by atoms with Gasteiger partial charge in [0.15, 0.2) is 5.78 Å². The molecule has 2 aromatic carbocycles. The largest absolute Gasteiger partial charge is 0.481 e. The fourth-order valence-electron chi connectivity index (χ4n) is 2.02. The van der Waals surface area contributed by atoms with Gasteiger partial charge in [0, 0.05) is 24.1 Å². The summed E-state index contributed by atoms with van der Waals surface area (Å²) in [5.41, 5.74) is 1.82. The SMILES string of the molecule is O=C(O)CCCNc1ccc(C(=O)c2ccccc2)cc1Cl. The van der Waals surface area contributed by atoms with Crippen molar-refractivity contribution in [3.8, 4) is 0 Å². The van der Waals surface area contributed by atoms with E-state index in [1.807, 2.05) is 18.2 Å². The minimum absolute atomic E-state index is 0.0834. The van der Waals surface area contributed by atoms with Gasteiger partial charge in [-0.1, -0.05) is 41.9 Å². The van der Waals surface area contributed by atoms with Crippen LogP contribution in [-0.2, 0) is 4.79 Å². The molecule has 0 heterocycles. The fourth-order valence-corrected chi connectivity index (χ4v) is 2.27. The second-order valence-corrected chi connectivity index (χ2v) is 5.22. The molecule has 0 aromatic heterocycles. The molecule has 0 radical (unpaired) electrons. The highest BCUT2D eigenvalue weighted by Crippen LogP contribution is 2.24. The molecule has 4 nitrogen and oxygen atoms in total. The van der Waals surface area contributed by atoms with Crippen molar-refractivity contribution in [2.75, 3.05) is 11.9 Å². The maximum atomic E-state index is 12.3. The van der Waals surface area contributed by atoms with Crippen LogP contribution >= 0.6 is 11.6 Å². The Morgan fingerprint density at radius 3 is 2.41 bits per heavy atom. The van der Waals surface area contributed by atoms with Gasteiger partial charge in [0.05, 0.1) is 10.7 Å². The van der Waals surface area contributed by atoms with Crippen molar-refractivity contribution in [2.45, 2.75) is 12.8 Å². The third kappa shape index (κ3) is 4.33. The zero-order valence-electron chi connectivity index (χ0n) is 11.9. The van der Waals surface area contributed by atoms with Crippen molar-refractivity contribution >= 4 is 29.0 Å². The monoisotopic (exact) mass is 317 g/mol. The number of benzene rings is 2. The minimum Gasteiger partial charge on any atom is -0.481 e. The van der Waals surface area contributed by atoms with Crippen LogP contribution in [0.4, 0.5) is 5.69 Å². The Bertz CT molecular complexity index is 671. The Kier molecular flexibility index (Phi) is 5.55. The molecule has 2 aromatic rings. The van der Waals surface area contributed by atoms with Crippen LogP contribution < -0.4 is 5.32 Å². The van der Waals surface area contributed by atoms with Crippen LogP contribution in [0.15, 0.2) is 48.5 Å². The Labute approximate surface area is 133 Å². The molecule has 0 saturated heterocycles. The molecule has 22 heavy (non-hydrogen) atoms. The van der Waals surface area contributed by atoms with E-state index in [-0.39, 0.29) is 12.2 Å². The number of nitrogens with one attached hydrogen (secondary N) is 1. The molecule has 114 valence electrons. The van der Waals surface area contributed by atoms with Crippen molar-refractivity contribution in [2.24, 2.45) is 0 Å². The van der Waals surface area contributed by atoms with Crippen LogP contribution in [0.5, 0.6) is 0 Å². The Hall–Kier alpha value is -2.33. The van der Waals surface area contributed by atoms with E-state index in [4.69, 9.17) is 16.7 Å². The molecule has 0 aliphatic rings. The van der Waals surface area contributed by atoms with Gasteiger partial charge in [-0.2, -0.15) is 0 Å². The van der Waals surface area contributed by atoms with Gasteiger partial charge in [-0.15, -0.1) is 0 Å². The number of carboxylic acids is 1. The number of carbonyl (C=O) groups excluding carboxylic acids is 1. The first kappa shape index (κ1) is 16.0. The number of halogens is 1. The minimum atomic E-state index is -0.822. The summed E-state index contributed by atoms with van der Waals surface area (Å²) in [4.78, 5) is 22.7. The smallest absolute Gasteiger partial charge is 0.303 e. The van der Waals surface area contributed by atoms with E-state index in [0.29, 0.717) is 34.8 Å². The molecule has 2 rings (SSSR count). The van der Waals surface area contributed by atoms with Crippen LogP contribution in [0, 0.1) is 0 Å². The van der Waals surface area contributed by atoms with Gasteiger partial charge in [0.25, 0.3) is 0 Å². The van der Waals surface area contributed by atoms with Crippen molar-refractivity contribution < 1.29 is 14.7 Å². The molecule has 0 bridgehead atoms. The summed E-state index contributed by atoms with van der Waals surface area (Å²) in [5, 5.41) is 12.1. The molecule has 0 amide bonds. The van der Waals surface area contributed by atoms with E-state index >= 15 is 0 Å².